The molecule has 0 spiro atoms. The first kappa shape index (κ1) is 51.9. The van der Waals surface area contributed by atoms with Crippen molar-refractivity contribution in [1.29, 1.82) is 0 Å². The number of esters is 1. The van der Waals surface area contributed by atoms with Crippen LogP contribution in [-0.2, 0) is 33.2 Å². The van der Waals surface area contributed by atoms with E-state index in [1.807, 2.05) is 6.92 Å². The smallest absolute Gasteiger partial charge is 0.315 e. The summed E-state index contributed by atoms with van der Waals surface area (Å²) in [5, 5.41) is 130. The largest absolute Gasteiger partial charge is 0.432 e. The van der Waals surface area contributed by atoms with Gasteiger partial charge in [0.05, 0.1) is 43.5 Å². The van der Waals surface area contributed by atoms with Crippen LogP contribution in [0.1, 0.15) is 99.8 Å². The van der Waals surface area contributed by atoms with Gasteiger partial charge in [-0.2, -0.15) is 0 Å². The van der Waals surface area contributed by atoms with Gasteiger partial charge >= 0.3 is 5.97 Å². The molecule has 3 heterocycles. The molecule has 0 aromatic rings. The molecule has 0 amide bonds. The molecule has 7 fully saturated rings. The number of rotatable bonds is 9. The van der Waals surface area contributed by atoms with E-state index >= 15 is 4.79 Å². The van der Waals surface area contributed by atoms with E-state index in [1.165, 1.54) is 12.5 Å². The maximum Gasteiger partial charge on any atom is 0.315 e. The first-order valence-electron chi connectivity index (χ1n) is 24.5. The van der Waals surface area contributed by atoms with E-state index in [2.05, 4.69) is 40.7 Å². The van der Waals surface area contributed by atoms with Crippen LogP contribution in [0.3, 0.4) is 0 Å². The van der Waals surface area contributed by atoms with Gasteiger partial charge in [-0.3, -0.25) is 4.79 Å². The SMILES string of the molecule is C[C@H]1[C@H](C)CC[C@]2(C(=O)OC3O[C@H](CO[C@H]4O[C@H](CO)[C@@H](O[C@@H]5O[C@@H](C)[C@H](O)[C@@H](O)[C@H]5O)[C@H](O)[C@H]4O)[C@@H](O)[C@H](O)[C@H]3O)CC[C@]3(C)C(=CCC4[C@@]5(C)C[C@@H](O)[C@H](O)[C@@](C)(CO)[C@@H]5CC[C@]43C)[C@H]12. The number of carbonyl (C=O) groups is 1. The molecule has 8 rings (SSSR count). The number of ether oxygens (including phenoxy) is 6. The summed E-state index contributed by atoms with van der Waals surface area (Å²) in [7, 11) is 0. The summed E-state index contributed by atoms with van der Waals surface area (Å²) in [5.74, 6) is -0.386. The van der Waals surface area contributed by atoms with Crippen molar-refractivity contribution in [2.24, 2.45) is 56.7 Å². The lowest BCUT2D eigenvalue weighted by molar-refractivity contribution is -0.361. The number of hydrogen-bond acceptors (Lipinski definition) is 19. The van der Waals surface area contributed by atoms with Gasteiger partial charge in [-0.15, -0.1) is 0 Å². The van der Waals surface area contributed by atoms with Crippen LogP contribution in [0.4, 0.5) is 0 Å². The van der Waals surface area contributed by atoms with Gasteiger partial charge in [0.15, 0.2) is 12.6 Å². The third-order valence-corrected chi connectivity index (χ3v) is 19.7. The van der Waals surface area contributed by atoms with Gasteiger partial charge in [0, 0.05) is 5.41 Å². The standard InChI is InChI=1S/C48H78O19/c1-20-10-13-48(15-14-46(6)23(29(48)21(20)2)8-9-28-44(4)16-24(51)39(60)45(5,19-50)27(44)11-12-47(28,46)7)43(61)67-42-36(58)33(55)31(53)26(65-42)18-62-40-37(59)34(56)38(25(17-49)64-40)66-41-35(57)32(54)30(52)22(3)63-41/h8,20-22,24-42,49-60H,9-19H2,1-7H3/t20-,21+,22+,24-,25-,26-,27-,28?,29+,30+,31-,32-,33+,34-,35-,36-,37-,38-,39+,40+,41+,42?,44+,45+,46-,47-,48+/m1/s1. The van der Waals surface area contributed by atoms with E-state index in [0.29, 0.717) is 32.1 Å². The van der Waals surface area contributed by atoms with Crippen molar-refractivity contribution in [2.45, 2.75) is 204 Å². The Morgan fingerprint density at radius 1 is 0.701 bits per heavy atom. The second kappa shape index (κ2) is 18.5. The van der Waals surface area contributed by atoms with Crippen LogP contribution in [0.25, 0.3) is 0 Å². The van der Waals surface area contributed by atoms with Gasteiger partial charge in [0.25, 0.3) is 0 Å². The van der Waals surface area contributed by atoms with Crippen molar-refractivity contribution < 1.29 is 94.5 Å². The number of carbonyl (C=O) groups excluding carboxylic acids is 1. The lowest BCUT2D eigenvalue weighted by Crippen LogP contribution is -2.68. The van der Waals surface area contributed by atoms with E-state index in [0.717, 1.165) is 19.3 Å². The first-order chi connectivity index (χ1) is 31.4. The summed E-state index contributed by atoms with van der Waals surface area (Å²) < 4.78 is 34.7. The minimum absolute atomic E-state index is 0.0112. The predicted octanol–water partition coefficient (Wildman–Crippen LogP) is -1.03. The normalized spacial score (nSPS) is 56.7. The fraction of sp³-hybridized carbons (Fsp3) is 0.938. The molecule has 3 saturated heterocycles. The molecule has 2 unspecified atom stereocenters. The summed E-state index contributed by atoms with van der Waals surface area (Å²) in [6.07, 6.45) is -18.9. The summed E-state index contributed by atoms with van der Waals surface area (Å²) in [4.78, 5) is 15.0. The maximum atomic E-state index is 15.0. The number of aliphatic hydroxyl groups excluding tert-OH is 12. The Morgan fingerprint density at radius 3 is 2.01 bits per heavy atom. The first-order valence-corrected chi connectivity index (χ1v) is 24.5. The molecule has 5 aliphatic carbocycles. The molecule has 4 saturated carbocycles. The van der Waals surface area contributed by atoms with E-state index in [4.69, 9.17) is 28.4 Å². The van der Waals surface area contributed by atoms with Crippen LogP contribution in [0.5, 0.6) is 0 Å². The Morgan fingerprint density at radius 2 is 1.34 bits per heavy atom. The second-order valence-corrected chi connectivity index (χ2v) is 22.9. The Labute approximate surface area is 392 Å². The number of allylic oxidation sites excluding steroid dienone is 2. The maximum absolute atomic E-state index is 15.0. The quantitative estimate of drug-likeness (QED) is 0.0971. The fourth-order valence-corrected chi connectivity index (χ4v) is 15.2. The molecule has 67 heavy (non-hydrogen) atoms. The number of fused-ring (bicyclic) bond motifs is 7. The average Bonchev–Trinajstić information content (AvgIpc) is 3.29. The van der Waals surface area contributed by atoms with Crippen LogP contribution >= 0.6 is 0 Å². The van der Waals surface area contributed by atoms with Crippen LogP contribution in [0.2, 0.25) is 0 Å². The van der Waals surface area contributed by atoms with Crippen LogP contribution in [-0.4, -0.2) is 191 Å². The molecule has 3 aliphatic heterocycles. The van der Waals surface area contributed by atoms with E-state index in [1.54, 1.807) is 0 Å². The van der Waals surface area contributed by atoms with E-state index in [-0.39, 0.29) is 52.4 Å². The van der Waals surface area contributed by atoms with Crippen LogP contribution in [0.15, 0.2) is 11.6 Å². The van der Waals surface area contributed by atoms with Crippen molar-refractivity contribution in [1.82, 2.24) is 0 Å². The van der Waals surface area contributed by atoms with Crippen molar-refractivity contribution in [3.05, 3.63) is 11.6 Å². The zero-order valence-corrected chi connectivity index (χ0v) is 39.8. The van der Waals surface area contributed by atoms with Gasteiger partial charge in [0.1, 0.15) is 67.1 Å². The third-order valence-electron chi connectivity index (χ3n) is 19.7. The topological polar surface area (TPSA) is 315 Å². The Kier molecular flexibility index (Phi) is 14.4. The second-order valence-electron chi connectivity index (χ2n) is 22.9. The minimum Gasteiger partial charge on any atom is -0.432 e. The number of aliphatic hydroxyl groups is 12. The zero-order valence-electron chi connectivity index (χ0n) is 39.8. The van der Waals surface area contributed by atoms with Crippen molar-refractivity contribution >= 4 is 5.97 Å². The third kappa shape index (κ3) is 7.92. The van der Waals surface area contributed by atoms with Gasteiger partial charge in [0.2, 0.25) is 6.29 Å². The molecule has 19 nitrogen and oxygen atoms in total. The van der Waals surface area contributed by atoms with Crippen molar-refractivity contribution in [2.75, 3.05) is 19.8 Å². The molecular formula is C48H78O19. The van der Waals surface area contributed by atoms with Gasteiger partial charge in [-0.1, -0.05) is 53.2 Å². The predicted molar refractivity (Wildman–Crippen MR) is 231 cm³/mol. The summed E-state index contributed by atoms with van der Waals surface area (Å²) in [5.41, 5.74) is -1.64. The van der Waals surface area contributed by atoms with Crippen molar-refractivity contribution in [3.8, 4) is 0 Å². The van der Waals surface area contributed by atoms with E-state index < -0.39 is 134 Å². The Hall–Kier alpha value is -1.47. The summed E-state index contributed by atoms with van der Waals surface area (Å²) in [6, 6.07) is 0. The molecular weight excluding hydrogens is 881 g/mol. The van der Waals surface area contributed by atoms with Crippen molar-refractivity contribution in [3.63, 3.8) is 0 Å². The summed E-state index contributed by atoms with van der Waals surface area (Å²) in [6.45, 7) is 13.0. The van der Waals surface area contributed by atoms with E-state index in [9.17, 15) is 61.3 Å². The minimum atomic E-state index is -1.86. The molecule has 0 radical (unpaired) electrons. The van der Waals surface area contributed by atoms with Crippen LogP contribution < -0.4 is 0 Å². The fourth-order valence-electron chi connectivity index (χ4n) is 15.2. The Bertz CT molecular complexity index is 1820. The monoisotopic (exact) mass is 959 g/mol. The molecule has 12 N–H and O–H groups in total. The molecule has 0 aromatic carbocycles. The highest BCUT2D eigenvalue weighted by molar-refractivity contribution is 5.79. The lowest BCUT2D eigenvalue weighted by atomic mass is 9.33. The molecule has 0 bridgehead atoms. The molecule has 8 aliphatic rings. The summed E-state index contributed by atoms with van der Waals surface area (Å²) >= 11 is 0. The highest BCUT2D eigenvalue weighted by Crippen LogP contribution is 2.76. The van der Waals surface area contributed by atoms with Gasteiger partial charge in [-0.25, -0.2) is 0 Å². The van der Waals surface area contributed by atoms with Crippen LogP contribution in [0, 0.1) is 56.7 Å². The Balaban J connectivity index is 0.985. The lowest BCUT2D eigenvalue weighted by Gasteiger charge is -2.71. The molecule has 384 valence electrons. The van der Waals surface area contributed by atoms with Gasteiger partial charge in [-0.05, 0) is 104 Å². The molecule has 0 aromatic heterocycles. The highest BCUT2D eigenvalue weighted by atomic mass is 16.8. The number of hydrogen-bond donors (Lipinski definition) is 12. The van der Waals surface area contributed by atoms with Gasteiger partial charge < -0.3 is 89.7 Å². The molecule has 19 heteroatoms. The zero-order chi connectivity index (χ0) is 49.1. The highest BCUT2D eigenvalue weighted by Gasteiger charge is 2.71. The molecule has 27 atom stereocenters. The average molecular weight is 959 g/mol.